The molecule has 1 atom stereocenters. The lowest BCUT2D eigenvalue weighted by atomic mass is 10.2. The lowest BCUT2D eigenvalue weighted by Gasteiger charge is -2.31. The first-order chi connectivity index (χ1) is 12.5. The maximum Gasteiger partial charge on any atom is 0.268 e. The molecular weight excluding hydrogens is 361 g/mol. The van der Waals surface area contributed by atoms with Gasteiger partial charge >= 0.3 is 0 Å². The summed E-state index contributed by atoms with van der Waals surface area (Å²) in [6.07, 6.45) is -0.608. The molecule has 3 aromatic rings. The normalized spacial score (nSPS) is 16.3. The average Bonchev–Trinajstić information content (AvgIpc) is 3.10. The summed E-state index contributed by atoms with van der Waals surface area (Å²) in [5.74, 6) is 0.406. The van der Waals surface area contributed by atoms with E-state index >= 15 is 0 Å². The molecule has 1 aliphatic heterocycles. The minimum Gasteiger partial charge on any atom is -0.479 e. The molecule has 0 spiro atoms. The Kier molecular flexibility index (Phi) is 4.08. The van der Waals surface area contributed by atoms with E-state index in [0.717, 1.165) is 0 Å². The van der Waals surface area contributed by atoms with Gasteiger partial charge in [0, 0.05) is 5.56 Å². The molecular formula is C18H13ClFN3O3. The summed E-state index contributed by atoms with van der Waals surface area (Å²) in [5, 5.41) is 3.86. The number of carbonyl (C=O) groups excluding carboxylic acids is 1. The van der Waals surface area contributed by atoms with Crippen LogP contribution >= 0.6 is 11.6 Å². The van der Waals surface area contributed by atoms with Gasteiger partial charge in [0.1, 0.15) is 18.1 Å². The Morgan fingerprint density at radius 1 is 1.27 bits per heavy atom. The standard InChI is InChI=1S/C18H13ClFN3O3/c1-10-18(24)23(14-4-2-3-5-15(14)25-10)9-16-21-17(22-26-16)11-6-7-13(20)12(19)8-11/h2-8,10H,9H2,1H3. The second-order valence-electron chi connectivity index (χ2n) is 5.79. The number of aromatic nitrogens is 2. The fraction of sp³-hybridized carbons (Fsp3) is 0.167. The molecule has 1 aliphatic rings. The number of amides is 1. The van der Waals surface area contributed by atoms with E-state index in [4.69, 9.17) is 20.9 Å². The molecule has 26 heavy (non-hydrogen) atoms. The Morgan fingerprint density at radius 2 is 2.08 bits per heavy atom. The highest BCUT2D eigenvalue weighted by molar-refractivity contribution is 6.31. The van der Waals surface area contributed by atoms with Gasteiger partial charge in [-0.3, -0.25) is 9.69 Å². The van der Waals surface area contributed by atoms with Gasteiger partial charge < -0.3 is 9.26 Å². The van der Waals surface area contributed by atoms with Crippen molar-refractivity contribution in [2.45, 2.75) is 19.6 Å². The van der Waals surface area contributed by atoms with E-state index in [-0.39, 0.29) is 29.2 Å². The second kappa shape index (κ2) is 6.42. The highest BCUT2D eigenvalue weighted by Gasteiger charge is 2.32. The molecule has 8 heteroatoms. The fourth-order valence-electron chi connectivity index (χ4n) is 2.73. The predicted molar refractivity (Wildman–Crippen MR) is 92.4 cm³/mol. The molecule has 0 radical (unpaired) electrons. The van der Waals surface area contributed by atoms with Crippen LogP contribution < -0.4 is 9.64 Å². The molecule has 2 heterocycles. The molecule has 1 aromatic heterocycles. The summed E-state index contributed by atoms with van der Waals surface area (Å²) in [6.45, 7) is 1.79. The molecule has 0 aliphatic carbocycles. The molecule has 0 N–H and O–H groups in total. The summed E-state index contributed by atoms with van der Waals surface area (Å²) in [4.78, 5) is 18.3. The minimum atomic E-state index is -0.608. The molecule has 132 valence electrons. The lowest BCUT2D eigenvalue weighted by molar-refractivity contribution is -0.125. The number of hydrogen-bond acceptors (Lipinski definition) is 5. The number of halogens is 2. The highest BCUT2D eigenvalue weighted by Crippen LogP contribution is 2.34. The van der Waals surface area contributed by atoms with Crippen LogP contribution in [0.3, 0.4) is 0 Å². The van der Waals surface area contributed by atoms with E-state index in [2.05, 4.69) is 10.1 Å². The van der Waals surface area contributed by atoms with Gasteiger partial charge in [-0.15, -0.1) is 0 Å². The third kappa shape index (κ3) is 2.90. The van der Waals surface area contributed by atoms with E-state index in [1.54, 1.807) is 24.0 Å². The summed E-state index contributed by atoms with van der Waals surface area (Å²) in [6, 6.07) is 11.4. The van der Waals surface area contributed by atoms with Gasteiger partial charge in [-0.1, -0.05) is 28.9 Å². The Morgan fingerprint density at radius 3 is 2.88 bits per heavy atom. The molecule has 0 bridgehead atoms. The second-order valence-corrected chi connectivity index (χ2v) is 6.20. The van der Waals surface area contributed by atoms with Crippen LogP contribution in [0.15, 0.2) is 47.0 Å². The molecule has 4 rings (SSSR count). The number of carbonyl (C=O) groups is 1. The number of fused-ring (bicyclic) bond motifs is 1. The first-order valence-corrected chi connectivity index (χ1v) is 8.26. The Balaban J connectivity index is 1.63. The van der Waals surface area contributed by atoms with Crippen molar-refractivity contribution in [1.82, 2.24) is 10.1 Å². The number of anilines is 1. The summed E-state index contributed by atoms with van der Waals surface area (Å²) < 4.78 is 24.2. The van der Waals surface area contributed by atoms with Gasteiger partial charge in [0.25, 0.3) is 5.91 Å². The van der Waals surface area contributed by atoms with E-state index < -0.39 is 11.9 Å². The first-order valence-electron chi connectivity index (χ1n) is 7.88. The van der Waals surface area contributed by atoms with Crippen LogP contribution in [0.5, 0.6) is 5.75 Å². The van der Waals surface area contributed by atoms with Gasteiger partial charge in [-0.25, -0.2) is 4.39 Å². The maximum atomic E-state index is 13.3. The van der Waals surface area contributed by atoms with Crippen LogP contribution in [-0.2, 0) is 11.3 Å². The number of nitrogens with zero attached hydrogens (tertiary/aromatic N) is 3. The number of hydrogen-bond donors (Lipinski definition) is 0. The summed E-state index contributed by atoms with van der Waals surface area (Å²) in [7, 11) is 0. The molecule has 6 nitrogen and oxygen atoms in total. The zero-order chi connectivity index (χ0) is 18.3. The predicted octanol–water partition coefficient (Wildman–Crippen LogP) is 3.84. The number of rotatable bonds is 3. The zero-order valence-corrected chi connectivity index (χ0v) is 14.4. The number of para-hydroxylation sites is 2. The lowest BCUT2D eigenvalue weighted by Crippen LogP contribution is -2.44. The maximum absolute atomic E-state index is 13.3. The van der Waals surface area contributed by atoms with Crippen LogP contribution in [0, 0.1) is 5.82 Å². The summed E-state index contributed by atoms with van der Waals surface area (Å²) >= 11 is 5.79. The Labute approximate surface area is 153 Å². The van der Waals surface area contributed by atoms with Crippen LogP contribution in [0.25, 0.3) is 11.4 Å². The third-order valence-electron chi connectivity index (χ3n) is 4.01. The van der Waals surface area contributed by atoms with Crippen molar-refractivity contribution in [1.29, 1.82) is 0 Å². The fourth-order valence-corrected chi connectivity index (χ4v) is 2.91. The molecule has 0 fully saturated rings. The molecule has 1 amide bonds. The Bertz CT molecular complexity index is 991. The van der Waals surface area contributed by atoms with Crippen molar-refractivity contribution in [3.63, 3.8) is 0 Å². The van der Waals surface area contributed by atoms with Gasteiger partial charge in [-0.2, -0.15) is 4.98 Å². The third-order valence-corrected chi connectivity index (χ3v) is 4.30. The number of benzene rings is 2. The van der Waals surface area contributed by atoms with Crippen molar-refractivity contribution in [2.24, 2.45) is 0 Å². The largest absolute Gasteiger partial charge is 0.479 e. The molecule has 1 unspecified atom stereocenters. The van der Waals surface area contributed by atoms with Crippen LogP contribution in [-0.4, -0.2) is 22.2 Å². The van der Waals surface area contributed by atoms with Crippen molar-refractivity contribution in [2.75, 3.05) is 4.90 Å². The van der Waals surface area contributed by atoms with E-state index in [9.17, 15) is 9.18 Å². The van der Waals surface area contributed by atoms with Crippen molar-refractivity contribution >= 4 is 23.2 Å². The van der Waals surface area contributed by atoms with Gasteiger partial charge in [0.15, 0.2) is 6.10 Å². The average molecular weight is 374 g/mol. The molecule has 0 saturated carbocycles. The highest BCUT2D eigenvalue weighted by atomic mass is 35.5. The van der Waals surface area contributed by atoms with E-state index in [0.29, 0.717) is 17.0 Å². The molecule has 2 aromatic carbocycles. The quantitative estimate of drug-likeness (QED) is 0.697. The zero-order valence-electron chi connectivity index (χ0n) is 13.6. The monoisotopic (exact) mass is 373 g/mol. The van der Waals surface area contributed by atoms with Gasteiger partial charge in [0.2, 0.25) is 11.7 Å². The van der Waals surface area contributed by atoms with Crippen molar-refractivity contribution in [3.05, 3.63) is 59.2 Å². The number of ether oxygens (including phenoxy) is 1. The van der Waals surface area contributed by atoms with Crippen LogP contribution in [0.1, 0.15) is 12.8 Å². The first kappa shape index (κ1) is 16.5. The van der Waals surface area contributed by atoms with Gasteiger partial charge in [0.05, 0.1) is 10.7 Å². The smallest absolute Gasteiger partial charge is 0.268 e. The van der Waals surface area contributed by atoms with Crippen LogP contribution in [0.2, 0.25) is 5.02 Å². The van der Waals surface area contributed by atoms with Crippen LogP contribution in [0.4, 0.5) is 10.1 Å². The Hall–Kier alpha value is -2.93. The topological polar surface area (TPSA) is 68.5 Å². The minimum absolute atomic E-state index is 0.0278. The van der Waals surface area contributed by atoms with E-state index in [1.807, 2.05) is 12.1 Å². The van der Waals surface area contributed by atoms with Crippen molar-refractivity contribution < 1.29 is 18.4 Å². The summed E-state index contributed by atoms with van der Waals surface area (Å²) in [5.41, 5.74) is 1.16. The molecule has 0 saturated heterocycles. The SMILES string of the molecule is CC1Oc2ccccc2N(Cc2nc(-c3ccc(F)c(Cl)c3)no2)C1=O. The van der Waals surface area contributed by atoms with Crippen molar-refractivity contribution in [3.8, 4) is 17.1 Å². The van der Waals surface area contributed by atoms with E-state index in [1.165, 1.54) is 18.2 Å². The van der Waals surface area contributed by atoms with Gasteiger partial charge in [-0.05, 0) is 37.3 Å².